The summed E-state index contributed by atoms with van der Waals surface area (Å²) in [6, 6.07) is 9.89. The third-order valence-electron chi connectivity index (χ3n) is 4.73. The van der Waals surface area contributed by atoms with Crippen LogP contribution in [0.25, 0.3) is 0 Å². The summed E-state index contributed by atoms with van der Waals surface area (Å²) in [7, 11) is 0. The Morgan fingerprint density at radius 2 is 1.15 bits per heavy atom. The van der Waals surface area contributed by atoms with Gasteiger partial charge in [0.25, 0.3) is 0 Å². The van der Waals surface area contributed by atoms with Crippen molar-refractivity contribution in [3.05, 3.63) is 24.3 Å². The van der Waals surface area contributed by atoms with E-state index in [1.807, 2.05) is 0 Å². The molecule has 110 valence electrons. The van der Waals surface area contributed by atoms with E-state index in [2.05, 4.69) is 52.8 Å². The molecule has 3 nitrogen and oxygen atoms in total. The highest BCUT2D eigenvalue weighted by Gasteiger charge is 2.19. The average Bonchev–Trinajstić information content (AvgIpc) is 3.02. The molecule has 0 unspecified atom stereocenters. The molecule has 20 heavy (non-hydrogen) atoms. The number of piperazine rings is 1. The van der Waals surface area contributed by atoms with E-state index in [0.717, 1.165) is 13.1 Å². The first-order chi connectivity index (χ1) is 9.74. The summed E-state index contributed by atoms with van der Waals surface area (Å²) in [6.45, 7) is 11.7. The predicted octanol–water partition coefficient (Wildman–Crippen LogP) is 2.82. The van der Waals surface area contributed by atoms with Crippen LogP contribution in [0.5, 0.6) is 0 Å². The van der Waals surface area contributed by atoms with Crippen molar-refractivity contribution in [2.24, 2.45) is 0 Å². The van der Waals surface area contributed by atoms with Crippen LogP contribution >= 0.6 is 0 Å². The van der Waals surface area contributed by atoms with Crippen molar-refractivity contribution < 1.29 is 0 Å². The van der Waals surface area contributed by atoms with Gasteiger partial charge in [-0.2, -0.15) is 0 Å². The van der Waals surface area contributed by atoms with Crippen LogP contribution in [0.15, 0.2) is 24.3 Å². The lowest BCUT2D eigenvalue weighted by Gasteiger charge is -2.38. The molecule has 0 saturated carbocycles. The summed E-state index contributed by atoms with van der Waals surface area (Å²) in [6.07, 6.45) is 2.69. The topological polar surface area (TPSA) is 9.72 Å². The Morgan fingerprint density at radius 1 is 0.700 bits per heavy atom. The van der Waals surface area contributed by atoms with Crippen LogP contribution in [0.2, 0.25) is 0 Å². The van der Waals surface area contributed by atoms with Gasteiger partial charge in [-0.25, -0.2) is 0 Å². The van der Waals surface area contributed by atoms with Gasteiger partial charge in [0.1, 0.15) is 0 Å². The van der Waals surface area contributed by atoms with Gasteiger partial charge in [-0.15, -0.1) is 0 Å². The minimum atomic E-state index is 0.676. The van der Waals surface area contributed by atoms with E-state index in [1.165, 1.54) is 50.4 Å². The maximum Gasteiger partial charge on any atom is 0.0368 e. The Kier molecular flexibility index (Phi) is 4.16. The molecular formula is C17H27N3. The number of hydrogen-bond donors (Lipinski definition) is 0. The summed E-state index contributed by atoms with van der Waals surface area (Å²) in [5, 5.41) is 0. The Bertz CT molecular complexity index is 412. The van der Waals surface area contributed by atoms with Crippen LogP contribution in [0.4, 0.5) is 11.4 Å². The third-order valence-corrected chi connectivity index (χ3v) is 4.73. The first kappa shape index (κ1) is 13.7. The molecular weight excluding hydrogens is 246 g/mol. The van der Waals surface area contributed by atoms with Crippen LogP contribution < -0.4 is 9.80 Å². The summed E-state index contributed by atoms with van der Waals surface area (Å²) in [5.74, 6) is 0. The smallest absolute Gasteiger partial charge is 0.0368 e. The number of benzene rings is 1. The molecule has 0 N–H and O–H groups in total. The number of nitrogens with zero attached hydrogens (tertiary/aromatic N) is 3. The van der Waals surface area contributed by atoms with Crippen molar-refractivity contribution >= 4 is 11.4 Å². The fraction of sp³-hybridized carbons (Fsp3) is 0.647. The van der Waals surface area contributed by atoms with Crippen molar-refractivity contribution in [1.29, 1.82) is 0 Å². The van der Waals surface area contributed by atoms with Crippen molar-refractivity contribution in [3.63, 3.8) is 0 Å². The molecule has 2 saturated heterocycles. The maximum absolute atomic E-state index is 2.56. The van der Waals surface area contributed by atoms with Gasteiger partial charge in [-0.1, -0.05) is 0 Å². The maximum atomic E-state index is 2.56. The number of anilines is 2. The highest BCUT2D eigenvalue weighted by Crippen LogP contribution is 2.24. The van der Waals surface area contributed by atoms with Gasteiger partial charge in [0.05, 0.1) is 0 Å². The normalized spacial score (nSPS) is 20.9. The Morgan fingerprint density at radius 3 is 1.60 bits per heavy atom. The molecule has 0 atom stereocenters. The zero-order valence-corrected chi connectivity index (χ0v) is 12.9. The van der Waals surface area contributed by atoms with E-state index >= 15 is 0 Å². The molecule has 1 aromatic carbocycles. The molecule has 3 heteroatoms. The van der Waals surface area contributed by atoms with E-state index in [1.54, 1.807) is 0 Å². The standard InChI is InChI=1S/C17H27N3/c1-15(2)18-11-13-20(14-12-18)17-7-5-16(6-8-17)19-9-3-4-10-19/h5-8,15H,3-4,9-14H2,1-2H3. The van der Waals surface area contributed by atoms with Crippen molar-refractivity contribution in [2.75, 3.05) is 49.1 Å². The molecule has 2 aliphatic heterocycles. The van der Waals surface area contributed by atoms with E-state index in [9.17, 15) is 0 Å². The molecule has 0 amide bonds. The molecule has 2 aliphatic rings. The first-order valence-corrected chi connectivity index (χ1v) is 8.08. The van der Waals surface area contributed by atoms with Gasteiger partial charge in [-0.3, -0.25) is 4.90 Å². The van der Waals surface area contributed by atoms with Gasteiger partial charge in [0.2, 0.25) is 0 Å². The Balaban J connectivity index is 1.60. The second kappa shape index (κ2) is 6.04. The molecule has 0 spiro atoms. The summed E-state index contributed by atoms with van der Waals surface area (Å²) in [5.41, 5.74) is 2.78. The largest absolute Gasteiger partial charge is 0.372 e. The molecule has 2 fully saturated rings. The van der Waals surface area contributed by atoms with E-state index in [4.69, 9.17) is 0 Å². The first-order valence-electron chi connectivity index (χ1n) is 8.08. The van der Waals surface area contributed by atoms with Crippen molar-refractivity contribution in [3.8, 4) is 0 Å². The van der Waals surface area contributed by atoms with E-state index < -0.39 is 0 Å². The second-order valence-electron chi connectivity index (χ2n) is 6.33. The molecule has 0 radical (unpaired) electrons. The molecule has 2 heterocycles. The Labute approximate surface area is 123 Å². The Hall–Kier alpha value is -1.22. The molecule has 0 bridgehead atoms. The molecule has 0 aromatic heterocycles. The van der Waals surface area contributed by atoms with Gasteiger partial charge in [0.15, 0.2) is 0 Å². The molecule has 1 aromatic rings. The minimum Gasteiger partial charge on any atom is -0.372 e. The number of rotatable bonds is 3. The van der Waals surface area contributed by atoms with Crippen LogP contribution in [0, 0.1) is 0 Å². The highest BCUT2D eigenvalue weighted by atomic mass is 15.3. The summed E-state index contributed by atoms with van der Waals surface area (Å²) >= 11 is 0. The zero-order chi connectivity index (χ0) is 13.9. The summed E-state index contributed by atoms with van der Waals surface area (Å²) in [4.78, 5) is 7.59. The third kappa shape index (κ3) is 2.93. The quantitative estimate of drug-likeness (QED) is 0.838. The average molecular weight is 273 g/mol. The SMILES string of the molecule is CC(C)N1CCN(c2ccc(N3CCCC3)cc2)CC1. The van der Waals surface area contributed by atoms with Crippen LogP contribution in [-0.2, 0) is 0 Å². The highest BCUT2D eigenvalue weighted by molar-refractivity contribution is 5.57. The fourth-order valence-corrected chi connectivity index (χ4v) is 3.35. The van der Waals surface area contributed by atoms with Gasteiger partial charge < -0.3 is 9.80 Å². The van der Waals surface area contributed by atoms with Crippen molar-refractivity contribution in [1.82, 2.24) is 4.90 Å². The lowest BCUT2D eigenvalue weighted by molar-refractivity contribution is 0.209. The van der Waals surface area contributed by atoms with Gasteiger partial charge in [0, 0.05) is 56.7 Å². The predicted molar refractivity (Wildman–Crippen MR) is 86.8 cm³/mol. The monoisotopic (exact) mass is 273 g/mol. The fourth-order valence-electron chi connectivity index (χ4n) is 3.35. The van der Waals surface area contributed by atoms with E-state index in [0.29, 0.717) is 6.04 Å². The molecule has 0 aliphatic carbocycles. The minimum absolute atomic E-state index is 0.676. The van der Waals surface area contributed by atoms with Gasteiger partial charge in [-0.05, 0) is 51.0 Å². The zero-order valence-electron chi connectivity index (χ0n) is 12.9. The molecule has 3 rings (SSSR count). The van der Waals surface area contributed by atoms with Gasteiger partial charge >= 0.3 is 0 Å². The second-order valence-corrected chi connectivity index (χ2v) is 6.33. The lowest BCUT2D eigenvalue weighted by atomic mass is 10.2. The number of hydrogen-bond acceptors (Lipinski definition) is 3. The van der Waals surface area contributed by atoms with Crippen molar-refractivity contribution in [2.45, 2.75) is 32.7 Å². The van der Waals surface area contributed by atoms with Crippen LogP contribution in [0.1, 0.15) is 26.7 Å². The lowest BCUT2D eigenvalue weighted by Crippen LogP contribution is -2.48. The van der Waals surface area contributed by atoms with Crippen LogP contribution in [0.3, 0.4) is 0 Å². The summed E-state index contributed by atoms with van der Waals surface area (Å²) < 4.78 is 0. The van der Waals surface area contributed by atoms with Crippen LogP contribution in [-0.4, -0.2) is 50.2 Å². The van der Waals surface area contributed by atoms with E-state index in [-0.39, 0.29) is 0 Å².